The number of nitrogens with zero attached hydrogens (tertiary/aromatic N) is 1. The molecule has 1 aliphatic heterocycles. The van der Waals surface area contributed by atoms with Gasteiger partial charge in [-0.15, -0.1) is 0 Å². The normalized spacial score (nSPS) is 20.2. The van der Waals surface area contributed by atoms with Crippen LogP contribution in [0.5, 0.6) is 0 Å². The Hall–Kier alpha value is -1.42. The van der Waals surface area contributed by atoms with Crippen molar-refractivity contribution in [2.45, 2.75) is 45.7 Å². The van der Waals surface area contributed by atoms with E-state index in [2.05, 4.69) is 5.32 Å². The van der Waals surface area contributed by atoms with Gasteiger partial charge >= 0.3 is 0 Å². The number of amides is 1. The van der Waals surface area contributed by atoms with E-state index in [9.17, 15) is 9.18 Å². The number of anilines is 1. The summed E-state index contributed by atoms with van der Waals surface area (Å²) in [6.45, 7) is 6.56. The maximum Gasteiger partial charge on any atom is 0.244 e. The Morgan fingerprint density at radius 2 is 2.11 bits per heavy atom. The number of piperidine rings is 1. The zero-order chi connectivity index (χ0) is 14.0. The summed E-state index contributed by atoms with van der Waals surface area (Å²) in [5, 5.41) is 3.28. The SMILES string of the molecule is Cc1cc(F)cc(N2CCCC(NC(C)C)C2=O)c1. The average molecular weight is 264 g/mol. The molecule has 19 heavy (non-hydrogen) atoms. The molecule has 1 aromatic carbocycles. The highest BCUT2D eigenvalue weighted by molar-refractivity contribution is 5.98. The molecule has 3 nitrogen and oxygen atoms in total. The first kappa shape index (κ1) is 14.0. The van der Waals surface area contributed by atoms with E-state index in [1.807, 2.05) is 26.8 Å². The second kappa shape index (κ2) is 5.70. The van der Waals surface area contributed by atoms with Crippen molar-refractivity contribution in [3.05, 3.63) is 29.6 Å². The van der Waals surface area contributed by atoms with Gasteiger partial charge in [0.15, 0.2) is 0 Å². The minimum Gasteiger partial charge on any atom is -0.311 e. The summed E-state index contributed by atoms with van der Waals surface area (Å²) in [7, 11) is 0. The Balaban J connectivity index is 2.21. The summed E-state index contributed by atoms with van der Waals surface area (Å²) in [5.41, 5.74) is 1.50. The second-order valence-electron chi connectivity index (χ2n) is 5.49. The molecule has 1 saturated heterocycles. The molecule has 1 heterocycles. The second-order valence-corrected chi connectivity index (χ2v) is 5.49. The molecule has 104 valence electrons. The Kier molecular flexibility index (Phi) is 4.20. The topological polar surface area (TPSA) is 32.3 Å². The van der Waals surface area contributed by atoms with Gasteiger partial charge in [0.25, 0.3) is 0 Å². The molecule has 1 N–H and O–H groups in total. The van der Waals surface area contributed by atoms with Crippen molar-refractivity contribution in [3.63, 3.8) is 0 Å². The lowest BCUT2D eigenvalue weighted by molar-refractivity contribution is -0.121. The Bertz CT molecular complexity index is 453. The number of aryl methyl sites for hydroxylation is 1. The number of carbonyl (C=O) groups is 1. The molecule has 1 amide bonds. The molecule has 0 bridgehead atoms. The number of rotatable bonds is 3. The van der Waals surface area contributed by atoms with Gasteiger partial charge < -0.3 is 10.2 Å². The van der Waals surface area contributed by atoms with Crippen LogP contribution in [0.1, 0.15) is 32.3 Å². The van der Waals surface area contributed by atoms with Gasteiger partial charge in [-0.2, -0.15) is 0 Å². The standard InChI is InChI=1S/C15H21FN2O/c1-10(2)17-14-5-4-6-18(15(14)19)13-8-11(3)7-12(16)9-13/h7-10,14,17H,4-6H2,1-3H3. The summed E-state index contributed by atoms with van der Waals surface area (Å²) in [6, 6.07) is 4.88. The molecule has 0 aliphatic carbocycles. The van der Waals surface area contributed by atoms with Gasteiger partial charge in [0.1, 0.15) is 5.82 Å². The lowest BCUT2D eigenvalue weighted by Gasteiger charge is -2.33. The van der Waals surface area contributed by atoms with Crippen LogP contribution >= 0.6 is 0 Å². The van der Waals surface area contributed by atoms with Crippen LogP contribution in [0.15, 0.2) is 18.2 Å². The third-order valence-electron chi connectivity index (χ3n) is 3.31. The zero-order valence-corrected chi connectivity index (χ0v) is 11.7. The number of benzene rings is 1. The van der Waals surface area contributed by atoms with Crippen LogP contribution in [0.3, 0.4) is 0 Å². The highest BCUT2D eigenvalue weighted by Crippen LogP contribution is 2.23. The molecular formula is C15H21FN2O. The number of nitrogens with one attached hydrogen (secondary N) is 1. The summed E-state index contributed by atoms with van der Waals surface area (Å²) in [4.78, 5) is 14.1. The van der Waals surface area contributed by atoms with Crippen LogP contribution in [0, 0.1) is 12.7 Å². The molecule has 0 saturated carbocycles. The molecule has 2 rings (SSSR count). The summed E-state index contributed by atoms with van der Waals surface area (Å²) in [6.07, 6.45) is 1.79. The number of halogens is 1. The molecule has 1 aliphatic rings. The Morgan fingerprint density at radius 3 is 2.74 bits per heavy atom. The minimum atomic E-state index is -0.290. The van der Waals surface area contributed by atoms with E-state index in [4.69, 9.17) is 0 Å². The first-order valence-corrected chi connectivity index (χ1v) is 6.82. The molecular weight excluding hydrogens is 243 g/mol. The van der Waals surface area contributed by atoms with Crippen molar-refractivity contribution in [2.24, 2.45) is 0 Å². The fraction of sp³-hybridized carbons (Fsp3) is 0.533. The van der Waals surface area contributed by atoms with Crippen molar-refractivity contribution >= 4 is 11.6 Å². The van der Waals surface area contributed by atoms with E-state index >= 15 is 0 Å². The van der Waals surface area contributed by atoms with Gasteiger partial charge in [-0.05, 0) is 43.5 Å². The van der Waals surface area contributed by atoms with Gasteiger partial charge in [0, 0.05) is 18.3 Å². The maximum atomic E-state index is 13.5. The molecule has 1 unspecified atom stereocenters. The highest BCUT2D eigenvalue weighted by atomic mass is 19.1. The lowest BCUT2D eigenvalue weighted by Crippen LogP contribution is -2.52. The number of hydrogen-bond acceptors (Lipinski definition) is 2. The predicted octanol–water partition coefficient (Wildman–Crippen LogP) is 2.63. The van der Waals surface area contributed by atoms with E-state index < -0.39 is 0 Å². The lowest BCUT2D eigenvalue weighted by atomic mass is 10.0. The summed E-state index contributed by atoms with van der Waals surface area (Å²) < 4.78 is 13.5. The molecule has 0 aromatic heterocycles. The van der Waals surface area contributed by atoms with Crippen molar-refractivity contribution in [1.29, 1.82) is 0 Å². The van der Waals surface area contributed by atoms with Crippen molar-refractivity contribution in [1.82, 2.24) is 5.32 Å². The van der Waals surface area contributed by atoms with Crippen LogP contribution in [0.2, 0.25) is 0 Å². The van der Waals surface area contributed by atoms with E-state index in [-0.39, 0.29) is 23.8 Å². The smallest absolute Gasteiger partial charge is 0.244 e. The fourth-order valence-corrected chi connectivity index (χ4v) is 2.56. The molecule has 0 spiro atoms. The Morgan fingerprint density at radius 1 is 1.37 bits per heavy atom. The summed E-state index contributed by atoms with van der Waals surface area (Å²) in [5.74, 6) is -0.244. The average Bonchev–Trinajstić information content (AvgIpc) is 2.30. The van der Waals surface area contributed by atoms with Gasteiger partial charge in [-0.25, -0.2) is 4.39 Å². The van der Waals surface area contributed by atoms with E-state index in [0.717, 1.165) is 18.4 Å². The number of hydrogen-bond donors (Lipinski definition) is 1. The molecule has 0 radical (unpaired) electrons. The predicted molar refractivity (Wildman–Crippen MR) is 74.8 cm³/mol. The third kappa shape index (κ3) is 3.32. The Labute approximate surface area is 113 Å². The van der Waals surface area contributed by atoms with Crippen LogP contribution in [-0.4, -0.2) is 24.5 Å². The van der Waals surface area contributed by atoms with Crippen LogP contribution in [-0.2, 0) is 4.79 Å². The molecule has 1 fully saturated rings. The van der Waals surface area contributed by atoms with Gasteiger partial charge in [0.2, 0.25) is 5.91 Å². The highest BCUT2D eigenvalue weighted by Gasteiger charge is 2.29. The minimum absolute atomic E-state index is 0.0463. The first-order chi connectivity index (χ1) is 8.97. The van der Waals surface area contributed by atoms with Crippen molar-refractivity contribution < 1.29 is 9.18 Å². The number of carbonyl (C=O) groups excluding carboxylic acids is 1. The largest absolute Gasteiger partial charge is 0.311 e. The van der Waals surface area contributed by atoms with Crippen LogP contribution < -0.4 is 10.2 Å². The van der Waals surface area contributed by atoms with Gasteiger partial charge in [-0.3, -0.25) is 4.79 Å². The van der Waals surface area contributed by atoms with Crippen molar-refractivity contribution in [3.8, 4) is 0 Å². The molecule has 1 atom stereocenters. The summed E-state index contributed by atoms with van der Waals surface area (Å²) >= 11 is 0. The van der Waals surface area contributed by atoms with Gasteiger partial charge in [-0.1, -0.05) is 13.8 Å². The van der Waals surface area contributed by atoms with Gasteiger partial charge in [0.05, 0.1) is 6.04 Å². The zero-order valence-electron chi connectivity index (χ0n) is 11.7. The monoisotopic (exact) mass is 264 g/mol. The molecule has 4 heteroatoms. The quantitative estimate of drug-likeness (QED) is 0.910. The van der Waals surface area contributed by atoms with Crippen molar-refractivity contribution in [2.75, 3.05) is 11.4 Å². The molecule has 1 aromatic rings. The fourth-order valence-electron chi connectivity index (χ4n) is 2.56. The van der Waals surface area contributed by atoms with E-state index in [0.29, 0.717) is 12.2 Å². The van der Waals surface area contributed by atoms with Crippen LogP contribution in [0.25, 0.3) is 0 Å². The van der Waals surface area contributed by atoms with E-state index in [1.165, 1.54) is 12.1 Å². The van der Waals surface area contributed by atoms with Crippen LogP contribution in [0.4, 0.5) is 10.1 Å². The third-order valence-corrected chi connectivity index (χ3v) is 3.31. The first-order valence-electron chi connectivity index (χ1n) is 6.82. The maximum absolute atomic E-state index is 13.5. The van der Waals surface area contributed by atoms with E-state index in [1.54, 1.807) is 4.90 Å².